The summed E-state index contributed by atoms with van der Waals surface area (Å²) >= 11 is 0. The molecule has 108 valence electrons. The van der Waals surface area contributed by atoms with Crippen LogP contribution in [0.3, 0.4) is 0 Å². The van der Waals surface area contributed by atoms with Gasteiger partial charge in [0.25, 0.3) is 0 Å². The number of hydrogen-bond donors (Lipinski definition) is 1. The third kappa shape index (κ3) is 4.33. The second-order valence-electron chi connectivity index (χ2n) is 4.98. The first-order chi connectivity index (χ1) is 8.33. The van der Waals surface area contributed by atoms with E-state index in [1.807, 2.05) is 0 Å². The van der Waals surface area contributed by atoms with E-state index in [0.717, 1.165) is 42.8 Å². The molecule has 0 radical (unpaired) electrons. The zero-order valence-corrected chi connectivity index (χ0v) is 14.5. The monoisotopic (exact) mass is 393 g/mol. The van der Waals surface area contributed by atoms with E-state index in [0.29, 0.717) is 6.61 Å². The van der Waals surface area contributed by atoms with Crippen LogP contribution >= 0.6 is 34.0 Å². The molecule has 3 rings (SSSR count). The Labute approximate surface area is 135 Å². The molecule has 1 aromatic heterocycles. The van der Waals surface area contributed by atoms with Gasteiger partial charge in [0.1, 0.15) is 12.4 Å². The van der Waals surface area contributed by atoms with Gasteiger partial charge in [-0.1, -0.05) is 0 Å². The van der Waals surface area contributed by atoms with Crippen molar-refractivity contribution >= 4 is 39.8 Å². The lowest BCUT2D eigenvalue weighted by atomic mass is 10.2. The molecule has 1 aromatic rings. The number of hydrogen-bond acceptors (Lipinski definition) is 4. The Morgan fingerprint density at radius 2 is 2.16 bits per heavy atom. The first-order valence-corrected chi connectivity index (χ1v) is 6.37. The van der Waals surface area contributed by atoms with Crippen molar-refractivity contribution in [3.63, 3.8) is 0 Å². The number of ether oxygens (including phenoxy) is 1. The zero-order valence-electron chi connectivity index (χ0n) is 11.1. The molecule has 1 saturated carbocycles. The summed E-state index contributed by atoms with van der Waals surface area (Å²) in [5.74, 6) is 2.70. The first-order valence-electron chi connectivity index (χ1n) is 6.37. The summed E-state index contributed by atoms with van der Waals surface area (Å²) in [4.78, 5) is 6.85. The van der Waals surface area contributed by atoms with E-state index in [-0.39, 0.29) is 34.0 Å². The van der Waals surface area contributed by atoms with Crippen molar-refractivity contribution in [2.45, 2.75) is 19.4 Å². The molecule has 2 heterocycles. The number of nitrogens with zero attached hydrogens (tertiary/aromatic N) is 2. The van der Waals surface area contributed by atoms with Crippen LogP contribution in [0, 0.1) is 5.92 Å². The quantitative estimate of drug-likeness (QED) is 0.854. The van der Waals surface area contributed by atoms with E-state index in [4.69, 9.17) is 4.74 Å². The third-order valence-electron chi connectivity index (χ3n) is 3.38. The van der Waals surface area contributed by atoms with Gasteiger partial charge in [0.2, 0.25) is 5.88 Å². The molecule has 0 spiro atoms. The fraction of sp³-hybridized carbons (Fsp3) is 0.615. The summed E-state index contributed by atoms with van der Waals surface area (Å²) in [5.41, 5.74) is 1.16. The van der Waals surface area contributed by atoms with Crippen molar-refractivity contribution in [3.8, 4) is 5.88 Å². The van der Waals surface area contributed by atoms with E-state index >= 15 is 0 Å². The standard InChI is InChI=1S/C13H19N3O.2BrH/c1-16(9-10-2-3-10)12-5-4-11-8-14-6-7-17-13(11)15-12;;/h4-5,10,14H,2-3,6-9H2,1H3;2*1H. The summed E-state index contributed by atoms with van der Waals surface area (Å²) in [6.07, 6.45) is 2.74. The van der Waals surface area contributed by atoms with Gasteiger partial charge in [-0.05, 0) is 30.9 Å². The molecule has 0 bridgehead atoms. The van der Waals surface area contributed by atoms with Crippen molar-refractivity contribution in [1.29, 1.82) is 0 Å². The molecule has 2 aliphatic rings. The predicted molar refractivity (Wildman–Crippen MR) is 88.1 cm³/mol. The van der Waals surface area contributed by atoms with Crippen molar-refractivity contribution < 1.29 is 4.74 Å². The fourth-order valence-corrected chi connectivity index (χ4v) is 2.16. The molecule has 0 amide bonds. The van der Waals surface area contributed by atoms with Crippen LogP contribution in [-0.2, 0) is 6.54 Å². The molecule has 1 aliphatic heterocycles. The smallest absolute Gasteiger partial charge is 0.219 e. The van der Waals surface area contributed by atoms with Crippen LogP contribution in [0.4, 0.5) is 5.82 Å². The normalized spacial score (nSPS) is 17.1. The second kappa shape index (κ2) is 7.45. The van der Waals surface area contributed by atoms with Crippen LogP contribution in [0.15, 0.2) is 12.1 Å². The van der Waals surface area contributed by atoms with E-state index in [1.165, 1.54) is 12.8 Å². The average Bonchev–Trinajstić information content (AvgIpc) is 3.14. The predicted octanol–water partition coefficient (Wildman–Crippen LogP) is 2.57. The highest BCUT2D eigenvalue weighted by Crippen LogP contribution is 2.31. The second-order valence-corrected chi connectivity index (χ2v) is 4.98. The van der Waals surface area contributed by atoms with Crippen LogP contribution in [0.1, 0.15) is 18.4 Å². The Balaban J connectivity index is 0.000000902. The van der Waals surface area contributed by atoms with Gasteiger partial charge in [0.15, 0.2) is 0 Å². The van der Waals surface area contributed by atoms with Gasteiger partial charge >= 0.3 is 0 Å². The molecule has 19 heavy (non-hydrogen) atoms. The molecule has 0 saturated heterocycles. The molecule has 1 aliphatic carbocycles. The minimum absolute atomic E-state index is 0. The first kappa shape index (κ1) is 16.7. The minimum Gasteiger partial charge on any atom is -0.476 e. The van der Waals surface area contributed by atoms with Crippen LogP contribution in [0.5, 0.6) is 5.88 Å². The SMILES string of the molecule is Br.Br.CN(CC1CC1)c1ccc2c(n1)OCCNC2. The Hall–Kier alpha value is -0.330. The Morgan fingerprint density at radius 1 is 1.37 bits per heavy atom. The minimum atomic E-state index is 0. The highest BCUT2D eigenvalue weighted by molar-refractivity contribution is 8.93. The van der Waals surface area contributed by atoms with Gasteiger partial charge in [-0.25, -0.2) is 0 Å². The van der Waals surface area contributed by atoms with Gasteiger partial charge in [-0.2, -0.15) is 4.98 Å². The van der Waals surface area contributed by atoms with Crippen LogP contribution in [0.25, 0.3) is 0 Å². The summed E-state index contributed by atoms with van der Waals surface area (Å²) in [6.45, 7) is 3.57. The summed E-state index contributed by atoms with van der Waals surface area (Å²) < 4.78 is 5.66. The van der Waals surface area contributed by atoms with Gasteiger partial charge < -0.3 is 15.0 Å². The number of nitrogens with one attached hydrogen (secondary N) is 1. The number of rotatable bonds is 3. The number of aromatic nitrogens is 1. The van der Waals surface area contributed by atoms with Crippen LogP contribution in [-0.4, -0.2) is 31.7 Å². The van der Waals surface area contributed by atoms with Gasteiger partial charge in [0.05, 0.1) is 0 Å². The molecule has 0 atom stereocenters. The van der Waals surface area contributed by atoms with Crippen molar-refractivity contribution in [3.05, 3.63) is 17.7 Å². The number of anilines is 1. The molecule has 0 aromatic carbocycles. The molecule has 1 fully saturated rings. The molecule has 1 N–H and O–H groups in total. The number of pyridine rings is 1. The third-order valence-corrected chi connectivity index (χ3v) is 3.38. The van der Waals surface area contributed by atoms with Crippen molar-refractivity contribution in [1.82, 2.24) is 10.3 Å². The number of halogens is 2. The maximum absolute atomic E-state index is 5.66. The van der Waals surface area contributed by atoms with Crippen molar-refractivity contribution in [2.24, 2.45) is 5.92 Å². The average molecular weight is 395 g/mol. The molecular formula is C13H21Br2N3O. The van der Waals surface area contributed by atoms with E-state index in [9.17, 15) is 0 Å². The Kier molecular flexibility index (Phi) is 6.56. The number of fused-ring (bicyclic) bond motifs is 1. The highest BCUT2D eigenvalue weighted by Gasteiger charge is 2.23. The Bertz CT molecular complexity index is 413. The molecule has 6 heteroatoms. The maximum Gasteiger partial charge on any atom is 0.219 e. The fourth-order valence-electron chi connectivity index (χ4n) is 2.16. The largest absolute Gasteiger partial charge is 0.476 e. The summed E-state index contributed by atoms with van der Waals surface area (Å²) in [7, 11) is 2.11. The summed E-state index contributed by atoms with van der Waals surface area (Å²) in [6, 6.07) is 4.22. The molecule has 0 unspecified atom stereocenters. The highest BCUT2D eigenvalue weighted by atomic mass is 79.9. The topological polar surface area (TPSA) is 37.4 Å². The van der Waals surface area contributed by atoms with Gasteiger partial charge in [-0.15, -0.1) is 34.0 Å². The maximum atomic E-state index is 5.66. The van der Waals surface area contributed by atoms with Crippen molar-refractivity contribution in [2.75, 3.05) is 31.6 Å². The van der Waals surface area contributed by atoms with E-state index in [1.54, 1.807) is 0 Å². The van der Waals surface area contributed by atoms with Gasteiger partial charge in [0, 0.05) is 32.2 Å². The molecular weight excluding hydrogens is 374 g/mol. The van der Waals surface area contributed by atoms with Gasteiger partial charge in [-0.3, -0.25) is 0 Å². The van der Waals surface area contributed by atoms with Crippen LogP contribution < -0.4 is 15.0 Å². The van der Waals surface area contributed by atoms with E-state index < -0.39 is 0 Å². The zero-order chi connectivity index (χ0) is 11.7. The lowest BCUT2D eigenvalue weighted by molar-refractivity contribution is 0.314. The van der Waals surface area contributed by atoms with E-state index in [2.05, 4.69) is 34.4 Å². The lowest BCUT2D eigenvalue weighted by Crippen LogP contribution is -2.21. The molecule has 4 nitrogen and oxygen atoms in total. The summed E-state index contributed by atoms with van der Waals surface area (Å²) in [5, 5.41) is 3.32. The lowest BCUT2D eigenvalue weighted by Gasteiger charge is -2.19. The Morgan fingerprint density at radius 3 is 2.89 bits per heavy atom. The van der Waals surface area contributed by atoms with Crippen LogP contribution in [0.2, 0.25) is 0 Å².